The molecular formula is C29H47N3O4. The van der Waals surface area contributed by atoms with Crippen LogP contribution < -0.4 is 10.6 Å². The number of hydrogen-bond donors (Lipinski definition) is 2. The molecule has 202 valence electrons. The predicted molar refractivity (Wildman–Crippen MR) is 144 cm³/mol. The van der Waals surface area contributed by atoms with E-state index in [4.69, 9.17) is 4.74 Å². The second kappa shape index (κ2) is 12.6. The number of carbonyl (C=O) groups excluding carboxylic acids is 3. The van der Waals surface area contributed by atoms with Crippen LogP contribution in [0.4, 0.5) is 4.79 Å². The Labute approximate surface area is 217 Å². The smallest absolute Gasteiger partial charge is 0.408 e. The fraction of sp³-hybridized carbons (Fsp3) is 0.690. The summed E-state index contributed by atoms with van der Waals surface area (Å²) in [5, 5.41) is 5.96. The molecule has 1 aromatic carbocycles. The van der Waals surface area contributed by atoms with Crippen molar-refractivity contribution in [3.63, 3.8) is 0 Å². The van der Waals surface area contributed by atoms with Gasteiger partial charge in [0.2, 0.25) is 11.8 Å². The summed E-state index contributed by atoms with van der Waals surface area (Å²) in [7, 11) is 0. The molecule has 2 N–H and O–H groups in total. The first-order valence-corrected chi connectivity index (χ1v) is 13.4. The van der Waals surface area contributed by atoms with Gasteiger partial charge in [0.25, 0.3) is 0 Å². The molecule has 1 aliphatic rings. The van der Waals surface area contributed by atoms with Crippen molar-refractivity contribution in [2.24, 2.45) is 5.92 Å². The molecule has 1 aliphatic carbocycles. The first-order chi connectivity index (χ1) is 16.8. The lowest BCUT2D eigenvalue weighted by Crippen LogP contribution is -2.59. The molecule has 1 aromatic rings. The maximum absolute atomic E-state index is 14.2. The Balaban J connectivity index is 2.53. The molecule has 2 rings (SSSR count). The fourth-order valence-electron chi connectivity index (χ4n) is 4.61. The number of ether oxygens (including phenoxy) is 1. The van der Waals surface area contributed by atoms with Crippen LogP contribution in [0.25, 0.3) is 0 Å². The Hall–Kier alpha value is -2.57. The van der Waals surface area contributed by atoms with Crippen molar-refractivity contribution in [2.75, 3.05) is 0 Å². The highest BCUT2D eigenvalue weighted by Crippen LogP contribution is 2.36. The molecule has 0 radical (unpaired) electrons. The van der Waals surface area contributed by atoms with E-state index in [1.165, 1.54) is 0 Å². The third-order valence-electron chi connectivity index (χ3n) is 6.91. The SMILES string of the molecule is CCCC(C)NC(=O)C(c1cccc(C)c1C)N(C(=O)C(NC(=O)OC(C)(C)C)C(C)C)C1CCC1. The highest BCUT2D eigenvalue weighted by Gasteiger charge is 2.43. The number of amides is 3. The molecule has 7 nitrogen and oxygen atoms in total. The summed E-state index contributed by atoms with van der Waals surface area (Å²) < 4.78 is 5.46. The van der Waals surface area contributed by atoms with Crippen LogP contribution in [0.3, 0.4) is 0 Å². The van der Waals surface area contributed by atoms with Gasteiger partial charge < -0.3 is 20.3 Å². The maximum atomic E-state index is 14.2. The Morgan fingerprint density at radius 3 is 2.22 bits per heavy atom. The van der Waals surface area contributed by atoms with E-state index in [-0.39, 0.29) is 29.8 Å². The minimum absolute atomic E-state index is 0.00533. The van der Waals surface area contributed by atoms with Crippen molar-refractivity contribution in [3.05, 3.63) is 34.9 Å². The van der Waals surface area contributed by atoms with Gasteiger partial charge in [-0.15, -0.1) is 0 Å². The normalized spacial score (nSPS) is 16.5. The summed E-state index contributed by atoms with van der Waals surface area (Å²) in [6.45, 7) is 17.3. The number of benzene rings is 1. The van der Waals surface area contributed by atoms with Crippen LogP contribution in [0.1, 0.15) is 103 Å². The summed E-state index contributed by atoms with van der Waals surface area (Å²) in [6.07, 6.45) is 3.86. The van der Waals surface area contributed by atoms with Crippen LogP contribution in [-0.2, 0) is 14.3 Å². The van der Waals surface area contributed by atoms with E-state index in [2.05, 4.69) is 17.6 Å². The molecule has 0 heterocycles. The van der Waals surface area contributed by atoms with Gasteiger partial charge in [-0.3, -0.25) is 9.59 Å². The predicted octanol–water partition coefficient (Wildman–Crippen LogP) is 5.58. The summed E-state index contributed by atoms with van der Waals surface area (Å²) in [6, 6.07) is 4.25. The number of nitrogens with zero attached hydrogens (tertiary/aromatic N) is 1. The Kier molecular flexibility index (Phi) is 10.4. The molecule has 0 bridgehead atoms. The molecule has 36 heavy (non-hydrogen) atoms. The maximum Gasteiger partial charge on any atom is 0.408 e. The van der Waals surface area contributed by atoms with Gasteiger partial charge in [-0.2, -0.15) is 0 Å². The zero-order valence-corrected chi connectivity index (χ0v) is 23.7. The van der Waals surface area contributed by atoms with E-state index in [1.54, 1.807) is 25.7 Å². The van der Waals surface area contributed by atoms with Crippen molar-refractivity contribution in [1.29, 1.82) is 0 Å². The Morgan fingerprint density at radius 1 is 1.08 bits per heavy atom. The summed E-state index contributed by atoms with van der Waals surface area (Å²) in [5.41, 5.74) is 2.22. The second-order valence-electron chi connectivity index (χ2n) is 11.6. The summed E-state index contributed by atoms with van der Waals surface area (Å²) in [4.78, 5) is 42.5. The van der Waals surface area contributed by atoms with E-state index >= 15 is 0 Å². The van der Waals surface area contributed by atoms with Gasteiger partial charge >= 0.3 is 6.09 Å². The molecule has 1 saturated carbocycles. The standard InChI is InChI=1S/C29H47N3O4/c1-10-13-20(5)30-26(33)25(23-17-11-14-19(4)21(23)6)32(22-15-12-16-22)27(34)24(18(2)3)31-28(35)36-29(7,8)9/h11,14,17-18,20,22,24-25H,10,12-13,15-16H2,1-9H3,(H,30,33)(H,31,35). The van der Waals surface area contributed by atoms with Gasteiger partial charge in [0.05, 0.1) is 0 Å². The molecule has 1 fully saturated rings. The van der Waals surface area contributed by atoms with Crippen molar-refractivity contribution < 1.29 is 19.1 Å². The third-order valence-corrected chi connectivity index (χ3v) is 6.91. The quantitative estimate of drug-likeness (QED) is 0.438. The molecule has 0 aliphatic heterocycles. The van der Waals surface area contributed by atoms with Gasteiger partial charge in [-0.1, -0.05) is 45.4 Å². The number of aryl methyl sites for hydroxylation is 1. The van der Waals surface area contributed by atoms with Crippen molar-refractivity contribution in [2.45, 2.75) is 124 Å². The number of carbonyl (C=O) groups is 3. The van der Waals surface area contributed by atoms with Crippen LogP contribution in [0.15, 0.2) is 18.2 Å². The minimum atomic E-state index is -0.811. The average Bonchev–Trinajstić information content (AvgIpc) is 2.71. The molecular weight excluding hydrogens is 454 g/mol. The van der Waals surface area contributed by atoms with Gasteiger partial charge in [0, 0.05) is 12.1 Å². The van der Waals surface area contributed by atoms with Gasteiger partial charge in [0.15, 0.2) is 0 Å². The van der Waals surface area contributed by atoms with Gasteiger partial charge in [0.1, 0.15) is 17.7 Å². The lowest BCUT2D eigenvalue weighted by Gasteiger charge is -2.44. The molecule has 0 aromatic heterocycles. The van der Waals surface area contributed by atoms with E-state index < -0.39 is 23.8 Å². The first kappa shape index (κ1) is 29.7. The fourth-order valence-corrected chi connectivity index (χ4v) is 4.61. The minimum Gasteiger partial charge on any atom is -0.444 e. The highest BCUT2D eigenvalue weighted by molar-refractivity contribution is 5.93. The van der Waals surface area contributed by atoms with E-state index in [1.807, 2.05) is 52.8 Å². The third kappa shape index (κ3) is 7.71. The van der Waals surface area contributed by atoms with Crippen molar-refractivity contribution >= 4 is 17.9 Å². The number of rotatable bonds is 10. The van der Waals surface area contributed by atoms with Crippen LogP contribution >= 0.6 is 0 Å². The molecule has 0 spiro atoms. The van der Waals surface area contributed by atoms with Crippen molar-refractivity contribution in [1.82, 2.24) is 15.5 Å². The van der Waals surface area contributed by atoms with E-state index in [0.717, 1.165) is 48.8 Å². The number of hydrogen-bond acceptors (Lipinski definition) is 4. The number of nitrogens with one attached hydrogen (secondary N) is 2. The summed E-state index contributed by atoms with van der Waals surface area (Å²) in [5.74, 6) is -0.608. The van der Waals surface area contributed by atoms with Crippen molar-refractivity contribution in [3.8, 4) is 0 Å². The average molecular weight is 502 g/mol. The zero-order chi connectivity index (χ0) is 27.2. The largest absolute Gasteiger partial charge is 0.444 e. The van der Waals surface area contributed by atoms with Gasteiger partial charge in [-0.25, -0.2) is 4.79 Å². The van der Waals surface area contributed by atoms with E-state index in [9.17, 15) is 14.4 Å². The molecule has 3 atom stereocenters. The van der Waals surface area contributed by atoms with E-state index in [0.29, 0.717) is 0 Å². The second-order valence-corrected chi connectivity index (χ2v) is 11.6. The summed E-state index contributed by atoms with van der Waals surface area (Å²) >= 11 is 0. The Bertz CT molecular complexity index is 918. The topological polar surface area (TPSA) is 87.7 Å². The lowest BCUT2D eigenvalue weighted by molar-refractivity contribution is -0.148. The van der Waals surface area contributed by atoms with Crippen LogP contribution in [0.5, 0.6) is 0 Å². The lowest BCUT2D eigenvalue weighted by atomic mass is 9.86. The van der Waals surface area contributed by atoms with Gasteiger partial charge in [-0.05, 0) is 89.8 Å². The van der Waals surface area contributed by atoms with Crippen LogP contribution in [0.2, 0.25) is 0 Å². The molecule has 3 amide bonds. The first-order valence-electron chi connectivity index (χ1n) is 13.4. The zero-order valence-electron chi connectivity index (χ0n) is 23.7. The molecule has 7 heteroatoms. The molecule has 3 unspecified atom stereocenters. The monoisotopic (exact) mass is 501 g/mol. The van der Waals surface area contributed by atoms with Crippen LogP contribution in [0, 0.1) is 19.8 Å². The highest BCUT2D eigenvalue weighted by atomic mass is 16.6. The number of alkyl carbamates (subject to hydrolysis) is 1. The Morgan fingerprint density at radius 2 is 1.72 bits per heavy atom. The molecule has 0 saturated heterocycles. The van der Waals surface area contributed by atoms with Crippen LogP contribution in [-0.4, -0.2) is 46.5 Å².